The van der Waals surface area contributed by atoms with E-state index in [0.717, 1.165) is 18.4 Å². The summed E-state index contributed by atoms with van der Waals surface area (Å²) in [5, 5.41) is 0. The second kappa shape index (κ2) is 4.80. The molecule has 0 saturated heterocycles. The Kier molecular flexibility index (Phi) is 3.98. The molecular formula is C12H22O. The van der Waals surface area contributed by atoms with E-state index in [1.807, 2.05) is 7.11 Å². The molecule has 13 heavy (non-hydrogen) atoms. The number of hydrogen-bond acceptors (Lipinski definition) is 1. The minimum Gasteiger partial charge on any atom is -0.384 e. The summed E-state index contributed by atoms with van der Waals surface area (Å²) in [5.41, 5.74) is 1.58. The zero-order valence-electron chi connectivity index (χ0n) is 9.34. The Balaban J connectivity index is 2.59. The molecule has 0 bridgehead atoms. The molecule has 1 unspecified atom stereocenters. The van der Waals surface area contributed by atoms with Gasteiger partial charge in [0.05, 0.1) is 0 Å². The van der Waals surface area contributed by atoms with Crippen LogP contribution in [-0.4, -0.2) is 13.7 Å². The van der Waals surface area contributed by atoms with E-state index in [2.05, 4.69) is 26.8 Å². The van der Waals surface area contributed by atoms with Crippen LogP contribution in [0.5, 0.6) is 0 Å². The van der Waals surface area contributed by atoms with E-state index < -0.39 is 0 Å². The Labute approximate surface area is 82.2 Å². The Morgan fingerprint density at radius 1 is 1.54 bits per heavy atom. The SMILES string of the molecule is COC[C@H](C(C)C)C1CCC=C1C. The van der Waals surface area contributed by atoms with Crippen molar-refractivity contribution in [2.24, 2.45) is 17.8 Å². The molecule has 1 rings (SSSR count). The van der Waals surface area contributed by atoms with Gasteiger partial charge in [0.1, 0.15) is 0 Å². The molecule has 0 aliphatic heterocycles. The highest BCUT2D eigenvalue weighted by atomic mass is 16.5. The zero-order valence-corrected chi connectivity index (χ0v) is 9.34. The van der Waals surface area contributed by atoms with Crippen molar-refractivity contribution in [3.63, 3.8) is 0 Å². The molecule has 0 N–H and O–H groups in total. The van der Waals surface area contributed by atoms with Crippen molar-refractivity contribution in [2.75, 3.05) is 13.7 Å². The first-order valence-corrected chi connectivity index (χ1v) is 5.32. The van der Waals surface area contributed by atoms with E-state index in [1.54, 1.807) is 5.57 Å². The molecule has 1 aliphatic rings. The fraction of sp³-hybridized carbons (Fsp3) is 0.833. The van der Waals surface area contributed by atoms with Crippen LogP contribution in [0.25, 0.3) is 0 Å². The van der Waals surface area contributed by atoms with Gasteiger partial charge in [-0.25, -0.2) is 0 Å². The lowest BCUT2D eigenvalue weighted by atomic mass is 9.80. The standard InChI is InChI=1S/C12H22O/c1-9(2)12(8-13-4)11-7-5-6-10(11)3/h6,9,11-12H,5,7-8H2,1-4H3/t11?,12-/m1/s1. The van der Waals surface area contributed by atoms with Gasteiger partial charge in [-0.3, -0.25) is 0 Å². The van der Waals surface area contributed by atoms with E-state index in [-0.39, 0.29) is 0 Å². The molecule has 0 saturated carbocycles. The summed E-state index contributed by atoms with van der Waals surface area (Å²) >= 11 is 0. The number of ether oxygens (including phenoxy) is 1. The van der Waals surface area contributed by atoms with Gasteiger partial charge in [0.2, 0.25) is 0 Å². The molecule has 0 heterocycles. The molecule has 2 atom stereocenters. The van der Waals surface area contributed by atoms with Gasteiger partial charge in [-0.1, -0.05) is 25.5 Å². The summed E-state index contributed by atoms with van der Waals surface area (Å²) < 4.78 is 5.30. The highest BCUT2D eigenvalue weighted by molar-refractivity contribution is 5.11. The van der Waals surface area contributed by atoms with Gasteiger partial charge >= 0.3 is 0 Å². The van der Waals surface area contributed by atoms with Gasteiger partial charge in [-0.2, -0.15) is 0 Å². The number of allylic oxidation sites excluding steroid dienone is 2. The molecule has 0 aromatic carbocycles. The smallest absolute Gasteiger partial charge is 0.0498 e. The lowest BCUT2D eigenvalue weighted by Crippen LogP contribution is -2.24. The zero-order chi connectivity index (χ0) is 9.84. The van der Waals surface area contributed by atoms with Crippen molar-refractivity contribution >= 4 is 0 Å². The molecule has 1 aliphatic carbocycles. The highest BCUT2D eigenvalue weighted by Gasteiger charge is 2.27. The monoisotopic (exact) mass is 182 g/mol. The minimum absolute atomic E-state index is 0.712. The third-order valence-corrected chi connectivity index (χ3v) is 3.26. The summed E-state index contributed by atoms with van der Waals surface area (Å²) in [7, 11) is 1.81. The number of hydrogen-bond donors (Lipinski definition) is 0. The van der Waals surface area contributed by atoms with Crippen molar-refractivity contribution < 1.29 is 4.74 Å². The van der Waals surface area contributed by atoms with Crippen LogP contribution in [0.4, 0.5) is 0 Å². The Hall–Kier alpha value is -0.300. The Morgan fingerprint density at radius 3 is 2.62 bits per heavy atom. The van der Waals surface area contributed by atoms with E-state index in [1.165, 1.54) is 12.8 Å². The van der Waals surface area contributed by atoms with E-state index in [4.69, 9.17) is 4.74 Å². The Morgan fingerprint density at radius 2 is 2.23 bits per heavy atom. The van der Waals surface area contributed by atoms with Crippen molar-refractivity contribution in [2.45, 2.75) is 33.6 Å². The fourth-order valence-corrected chi connectivity index (χ4v) is 2.39. The topological polar surface area (TPSA) is 9.23 Å². The highest BCUT2D eigenvalue weighted by Crippen LogP contribution is 2.35. The maximum atomic E-state index is 5.30. The molecule has 0 aromatic heterocycles. The molecule has 0 radical (unpaired) electrons. The van der Waals surface area contributed by atoms with Crippen LogP contribution in [0.3, 0.4) is 0 Å². The van der Waals surface area contributed by atoms with Gasteiger partial charge in [0.15, 0.2) is 0 Å². The molecular weight excluding hydrogens is 160 g/mol. The maximum absolute atomic E-state index is 5.30. The summed E-state index contributed by atoms with van der Waals surface area (Å²) in [6.07, 6.45) is 4.98. The average molecular weight is 182 g/mol. The first kappa shape index (κ1) is 10.8. The van der Waals surface area contributed by atoms with Crippen LogP contribution in [-0.2, 0) is 4.74 Å². The quantitative estimate of drug-likeness (QED) is 0.606. The summed E-state index contributed by atoms with van der Waals surface area (Å²) in [6.45, 7) is 7.78. The van der Waals surface area contributed by atoms with Crippen LogP contribution in [0.15, 0.2) is 11.6 Å². The van der Waals surface area contributed by atoms with E-state index in [0.29, 0.717) is 5.92 Å². The van der Waals surface area contributed by atoms with Gasteiger partial charge in [-0.05, 0) is 37.5 Å². The number of methoxy groups -OCH3 is 1. The fourth-order valence-electron chi connectivity index (χ4n) is 2.39. The van der Waals surface area contributed by atoms with Gasteiger partial charge in [0, 0.05) is 13.7 Å². The first-order chi connectivity index (χ1) is 6.16. The summed E-state index contributed by atoms with van der Waals surface area (Å²) in [5.74, 6) is 2.22. The maximum Gasteiger partial charge on any atom is 0.0498 e. The number of rotatable bonds is 4. The molecule has 0 spiro atoms. The van der Waals surface area contributed by atoms with Crippen LogP contribution in [0.1, 0.15) is 33.6 Å². The van der Waals surface area contributed by atoms with Crippen LogP contribution in [0.2, 0.25) is 0 Å². The van der Waals surface area contributed by atoms with Crippen LogP contribution in [0, 0.1) is 17.8 Å². The lowest BCUT2D eigenvalue weighted by Gasteiger charge is -2.27. The largest absolute Gasteiger partial charge is 0.384 e. The van der Waals surface area contributed by atoms with Crippen LogP contribution >= 0.6 is 0 Å². The summed E-state index contributed by atoms with van der Waals surface area (Å²) in [6, 6.07) is 0. The minimum atomic E-state index is 0.712. The van der Waals surface area contributed by atoms with E-state index in [9.17, 15) is 0 Å². The van der Waals surface area contributed by atoms with Gasteiger partial charge < -0.3 is 4.74 Å². The Bertz CT molecular complexity index is 182. The lowest BCUT2D eigenvalue weighted by molar-refractivity contribution is 0.102. The molecule has 1 nitrogen and oxygen atoms in total. The van der Waals surface area contributed by atoms with Gasteiger partial charge in [0.25, 0.3) is 0 Å². The first-order valence-electron chi connectivity index (χ1n) is 5.32. The van der Waals surface area contributed by atoms with Crippen molar-refractivity contribution in [1.29, 1.82) is 0 Å². The third kappa shape index (κ3) is 2.57. The third-order valence-electron chi connectivity index (χ3n) is 3.26. The summed E-state index contributed by atoms with van der Waals surface area (Å²) in [4.78, 5) is 0. The second-order valence-corrected chi connectivity index (χ2v) is 4.50. The average Bonchev–Trinajstić information content (AvgIpc) is 2.47. The van der Waals surface area contributed by atoms with E-state index >= 15 is 0 Å². The second-order valence-electron chi connectivity index (χ2n) is 4.50. The molecule has 0 aromatic rings. The van der Waals surface area contributed by atoms with Crippen molar-refractivity contribution in [3.8, 4) is 0 Å². The van der Waals surface area contributed by atoms with Crippen LogP contribution < -0.4 is 0 Å². The normalized spacial score (nSPS) is 25.0. The van der Waals surface area contributed by atoms with Gasteiger partial charge in [-0.15, -0.1) is 0 Å². The molecule has 1 heteroatoms. The van der Waals surface area contributed by atoms with Crippen molar-refractivity contribution in [1.82, 2.24) is 0 Å². The van der Waals surface area contributed by atoms with Crippen molar-refractivity contribution in [3.05, 3.63) is 11.6 Å². The molecule has 76 valence electrons. The molecule has 0 amide bonds. The predicted molar refractivity (Wildman–Crippen MR) is 56.7 cm³/mol. The molecule has 0 fully saturated rings. The predicted octanol–water partition coefficient (Wildman–Crippen LogP) is 3.26.